The number of hydrogen-bond acceptors (Lipinski definition) is 2. The molecular weight excluding hydrogens is 211 g/mol. The Bertz CT molecular complexity index is 176. The summed E-state index contributed by atoms with van der Waals surface area (Å²) in [5.41, 5.74) is 0. The largest absolute Gasteiger partial charge is 0.343 e. The van der Waals surface area contributed by atoms with Gasteiger partial charge in [0.05, 0.1) is 0 Å². The van der Waals surface area contributed by atoms with Crippen LogP contribution in [-0.2, 0) is 9.09 Å². The van der Waals surface area contributed by atoms with Crippen LogP contribution in [0.4, 0.5) is 0 Å². The van der Waals surface area contributed by atoms with Gasteiger partial charge in [0.2, 0.25) is 0 Å². The van der Waals surface area contributed by atoms with E-state index in [1.165, 1.54) is 7.11 Å². The fraction of sp³-hybridized carbons (Fsp3) is 1.00. The lowest BCUT2D eigenvalue weighted by atomic mass is 10.7. The van der Waals surface area contributed by atoms with Crippen LogP contribution in [0.2, 0.25) is 0 Å². The van der Waals surface area contributed by atoms with E-state index in [1.54, 1.807) is 4.67 Å². The molecule has 0 spiro atoms. The molecule has 1 unspecified atom stereocenters. The van der Waals surface area contributed by atoms with Gasteiger partial charge in [-0.3, -0.25) is 4.57 Å². The molecule has 6 heteroatoms. The molecule has 4 nitrogen and oxygen atoms in total. The topological polar surface area (TPSA) is 41.6 Å². The fourth-order valence-electron chi connectivity index (χ4n) is 1.06. The number of rotatable bonds is 7. The maximum Gasteiger partial charge on any atom is 0.343 e. The van der Waals surface area contributed by atoms with Gasteiger partial charge in [-0.1, -0.05) is 13.8 Å². The quantitative estimate of drug-likeness (QED) is 0.534. The summed E-state index contributed by atoms with van der Waals surface area (Å²) in [6, 6.07) is 0. The molecule has 0 bridgehead atoms. The van der Waals surface area contributed by atoms with Crippen LogP contribution < -0.4 is 5.09 Å². The van der Waals surface area contributed by atoms with Gasteiger partial charge in [0.15, 0.2) is 0 Å². The molecule has 0 heterocycles. The lowest BCUT2D eigenvalue weighted by Crippen LogP contribution is -2.29. The summed E-state index contributed by atoms with van der Waals surface area (Å²) in [6.07, 6.45) is 0. The molecule has 0 saturated carbocycles. The number of nitrogens with zero attached hydrogens (tertiary/aromatic N) is 1. The Hall–Kier alpha value is 0.400. The predicted octanol–water partition coefficient (Wildman–Crippen LogP) is 1.91. The van der Waals surface area contributed by atoms with E-state index >= 15 is 0 Å². The average Bonchev–Trinajstić information content (AvgIpc) is 2.16. The molecule has 0 aromatic rings. The summed E-state index contributed by atoms with van der Waals surface area (Å²) in [5.74, 6) is 0.425. The van der Waals surface area contributed by atoms with Crippen LogP contribution in [0.25, 0.3) is 0 Å². The van der Waals surface area contributed by atoms with E-state index in [0.29, 0.717) is 25.5 Å². The minimum atomic E-state index is -2.83. The summed E-state index contributed by atoms with van der Waals surface area (Å²) in [7, 11) is -1.38. The third-order valence-corrected chi connectivity index (χ3v) is 4.37. The highest BCUT2D eigenvalue weighted by atomic mass is 35.5. The maximum absolute atomic E-state index is 12.0. The second-order valence-electron chi connectivity index (χ2n) is 2.44. The van der Waals surface area contributed by atoms with Crippen molar-refractivity contribution in [2.24, 2.45) is 0 Å². The third kappa shape index (κ3) is 3.96. The van der Waals surface area contributed by atoms with Gasteiger partial charge in [-0.25, -0.2) is 9.76 Å². The molecule has 0 radical (unpaired) electrons. The van der Waals surface area contributed by atoms with Gasteiger partial charge in [-0.2, -0.15) is 0 Å². The Morgan fingerprint density at radius 1 is 1.46 bits per heavy atom. The predicted molar refractivity (Wildman–Crippen MR) is 56.3 cm³/mol. The number of halogens is 1. The molecule has 80 valence electrons. The normalized spacial score (nSPS) is 16.1. The molecule has 13 heavy (non-hydrogen) atoms. The zero-order valence-electron chi connectivity index (χ0n) is 8.42. The SMILES string of the molecule is CCN(CC)P(=O)(NCCCl)OC. The smallest absolute Gasteiger partial charge is 0.309 e. The first-order valence-electron chi connectivity index (χ1n) is 4.36. The summed E-state index contributed by atoms with van der Waals surface area (Å²) < 4.78 is 18.8. The molecule has 0 aromatic carbocycles. The van der Waals surface area contributed by atoms with Gasteiger partial charge < -0.3 is 4.52 Å². The van der Waals surface area contributed by atoms with Gasteiger partial charge in [0, 0.05) is 32.6 Å². The number of alkyl halides is 1. The second kappa shape index (κ2) is 6.80. The van der Waals surface area contributed by atoms with E-state index in [4.69, 9.17) is 16.1 Å². The Kier molecular flexibility index (Phi) is 7.00. The van der Waals surface area contributed by atoms with Crippen molar-refractivity contribution in [1.29, 1.82) is 0 Å². The van der Waals surface area contributed by atoms with Crippen LogP contribution in [0.15, 0.2) is 0 Å². The van der Waals surface area contributed by atoms with Gasteiger partial charge >= 0.3 is 7.67 Å². The minimum Gasteiger partial charge on any atom is -0.309 e. The van der Waals surface area contributed by atoms with E-state index < -0.39 is 7.67 Å². The van der Waals surface area contributed by atoms with Crippen molar-refractivity contribution in [2.75, 3.05) is 32.6 Å². The Morgan fingerprint density at radius 3 is 2.31 bits per heavy atom. The first kappa shape index (κ1) is 13.4. The molecule has 0 fully saturated rings. The van der Waals surface area contributed by atoms with Crippen LogP contribution in [0, 0.1) is 0 Å². The molecule has 1 N–H and O–H groups in total. The summed E-state index contributed by atoms with van der Waals surface area (Å²) >= 11 is 5.50. The van der Waals surface area contributed by atoms with Crippen molar-refractivity contribution in [1.82, 2.24) is 9.76 Å². The molecule has 0 amide bonds. The Morgan fingerprint density at radius 2 is 2.00 bits per heavy atom. The third-order valence-electron chi connectivity index (χ3n) is 1.76. The fourth-order valence-corrected chi connectivity index (χ4v) is 2.98. The first-order chi connectivity index (χ1) is 6.14. The molecule has 0 saturated heterocycles. The van der Waals surface area contributed by atoms with E-state index in [-0.39, 0.29) is 0 Å². The van der Waals surface area contributed by atoms with Gasteiger partial charge in [-0.15, -0.1) is 11.6 Å². The van der Waals surface area contributed by atoms with Crippen LogP contribution >= 0.6 is 19.3 Å². The van der Waals surface area contributed by atoms with Gasteiger partial charge in [0.1, 0.15) is 0 Å². The second-order valence-corrected chi connectivity index (χ2v) is 5.10. The van der Waals surface area contributed by atoms with Crippen LogP contribution in [0.5, 0.6) is 0 Å². The maximum atomic E-state index is 12.0. The van der Waals surface area contributed by atoms with E-state index in [2.05, 4.69) is 5.09 Å². The summed E-state index contributed by atoms with van der Waals surface area (Å²) in [4.78, 5) is 0. The molecular formula is C7H18ClN2O2P. The van der Waals surface area contributed by atoms with E-state index in [0.717, 1.165) is 0 Å². The molecule has 0 aliphatic heterocycles. The monoisotopic (exact) mass is 228 g/mol. The van der Waals surface area contributed by atoms with Crippen molar-refractivity contribution in [3.63, 3.8) is 0 Å². The Labute approximate surface area is 85.1 Å². The number of nitrogens with one attached hydrogen (secondary N) is 1. The molecule has 0 rings (SSSR count). The van der Waals surface area contributed by atoms with Crippen molar-refractivity contribution < 1.29 is 9.09 Å². The highest BCUT2D eigenvalue weighted by Gasteiger charge is 2.27. The highest BCUT2D eigenvalue weighted by Crippen LogP contribution is 2.44. The lowest BCUT2D eigenvalue weighted by molar-refractivity contribution is 0.306. The van der Waals surface area contributed by atoms with Crippen molar-refractivity contribution in [2.45, 2.75) is 13.8 Å². The van der Waals surface area contributed by atoms with Crippen molar-refractivity contribution in [3.8, 4) is 0 Å². The van der Waals surface area contributed by atoms with Crippen molar-refractivity contribution >= 4 is 19.3 Å². The molecule has 0 aromatic heterocycles. The van der Waals surface area contributed by atoms with Gasteiger partial charge in [-0.05, 0) is 0 Å². The zero-order valence-corrected chi connectivity index (χ0v) is 10.1. The van der Waals surface area contributed by atoms with Crippen LogP contribution in [0.3, 0.4) is 0 Å². The van der Waals surface area contributed by atoms with E-state index in [1.807, 2.05) is 13.8 Å². The van der Waals surface area contributed by atoms with Crippen molar-refractivity contribution in [3.05, 3.63) is 0 Å². The standard InChI is InChI=1S/C7H18ClN2O2P/c1-4-10(5-2)13(11,12-3)9-7-6-8/h4-7H2,1-3H3,(H,9,11). The highest BCUT2D eigenvalue weighted by molar-refractivity contribution is 7.54. The van der Waals surface area contributed by atoms with E-state index in [9.17, 15) is 4.57 Å². The van der Waals surface area contributed by atoms with Crippen LogP contribution in [0.1, 0.15) is 13.8 Å². The molecule has 1 atom stereocenters. The lowest BCUT2D eigenvalue weighted by Gasteiger charge is -2.27. The zero-order chi connectivity index (χ0) is 10.3. The van der Waals surface area contributed by atoms with Gasteiger partial charge in [0.25, 0.3) is 0 Å². The summed E-state index contributed by atoms with van der Waals surface area (Å²) in [5, 5.41) is 2.82. The first-order valence-corrected chi connectivity index (χ1v) is 6.48. The number of hydrogen-bond donors (Lipinski definition) is 1. The summed E-state index contributed by atoms with van der Waals surface area (Å²) in [6.45, 7) is 5.76. The minimum absolute atomic E-state index is 0.425. The molecule has 0 aliphatic rings. The van der Waals surface area contributed by atoms with Crippen LogP contribution in [-0.4, -0.2) is 37.3 Å². The molecule has 0 aliphatic carbocycles. The average molecular weight is 229 g/mol. The Balaban J connectivity index is 4.31.